The lowest BCUT2D eigenvalue weighted by atomic mass is 10.2. The number of hydrogen-bond acceptors (Lipinski definition) is 6. The van der Waals surface area contributed by atoms with Crippen LogP contribution in [-0.4, -0.2) is 18.3 Å². The minimum atomic E-state index is -4.31. The summed E-state index contributed by atoms with van der Waals surface area (Å²) in [5.74, 6) is 0. The Morgan fingerprint density at radius 2 is 2.20 bits per heavy atom. The number of nitro groups is 1. The predicted octanol–water partition coefficient (Wildman–Crippen LogP) is -0.491. The zero-order valence-electron chi connectivity index (χ0n) is 7.11. The number of rotatable bonds is 2. The molecule has 1 heterocycles. The van der Waals surface area contributed by atoms with Crippen LogP contribution in [0.5, 0.6) is 0 Å². The largest absolute Gasteiger partial charge is 0.325 e. The highest BCUT2D eigenvalue weighted by atomic mass is 32.2. The molecule has 0 aliphatic carbocycles. The van der Waals surface area contributed by atoms with Gasteiger partial charge in [-0.3, -0.25) is 10.1 Å². The van der Waals surface area contributed by atoms with E-state index in [2.05, 4.69) is 4.98 Å². The average Bonchev–Trinajstić information content (AvgIpc) is 2.15. The summed E-state index contributed by atoms with van der Waals surface area (Å²) in [4.78, 5) is 12.8. The highest BCUT2D eigenvalue weighted by Crippen LogP contribution is 2.23. The molecule has 0 aliphatic heterocycles. The summed E-state index contributed by atoms with van der Waals surface area (Å²) < 4.78 is 21.9. The maximum absolute atomic E-state index is 10.9. The van der Waals surface area contributed by atoms with E-state index in [-0.39, 0.29) is 0 Å². The molecule has 2 N–H and O–H groups in total. The number of sulfonamides is 1. The van der Waals surface area contributed by atoms with Crippen LogP contribution >= 0.6 is 0 Å². The van der Waals surface area contributed by atoms with Crippen LogP contribution in [0.2, 0.25) is 0 Å². The van der Waals surface area contributed by atoms with Gasteiger partial charge >= 0.3 is 5.69 Å². The van der Waals surface area contributed by atoms with Crippen molar-refractivity contribution in [3.63, 3.8) is 0 Å². The second kappa shape index (κ2) is 3.60. The van der Waals surface area contributed by atoms with Crippen molar-refractivity contribution in [2.24, 2.45) is 5.14 Å². The van der Waals surface area contributed by atoms with Gasteiger partial charge in [0.05, 0.1) is 4.92 Å². The first-order valence-electron chi connectivity index (χ1n) is 3.44. The van der Waals surface area contributed by atoms with Crippen LogP contribution in [0.4, 0.5) is 5.69 Å². The minimum absolute atomic E-state index is 0.404. The third kappa shape index (κ3) is 2.06. The molecular formula is C6H4N4O4S. The molecule has 0 radical (unpaired) electrons. The van der Waals surface area contributed by atoms with E-state index in [4.69, 9.17) is 10.4 Å². The Hall–Kier alpha value is -2.05. The average molecular weight is 228 g/mol. The molecule has 0 saturated heterocycles. The smallest absolute Gasteiger partial charge is 0.258 e. The highest BCUT2D eigenvalue weighted by Gasteiger charge is 2.28. The molecule has 0 amide bonds. The first-order chi connectivity index (χ1) is 6.88. The summed E-state index contributed by atoms with van der Waals surface area (Å²) in [6.45, 7) is 0. The van der Waals surface area contributed by atoms with E-state index >= 15 is 0 Å². The van der Waals surface area contributed by atoms with Crippen molar-refractivity contribution in [1.82, 2.24) is 4.98 Å². The van der Waals surface area contributed by atoms with Gasteiger partial charge in [-0.1, -0.05) is 0 Å². The highest BCUT2D eigenvalue weighted by molar-refractivity contribution is 7.89. The van der Waals surface area contributed by atoms with Gasteiger partial charge in [-0.2, -0.15) is 5.26 Å². The maximum Gasteiger partial charge on any atom is 0.325 e. The molecule has 0 spiro atoms. The molecule has 15 heavy (non-hydrogen) atoms. The molecule has 0 aliphatic rings. The zero-order chi connectivity index (χ0) is 11.6. The van der Waals surface area contributed by atoms with Crippen molar-refractivity contribution < 1.29 is 13.3 Å². The van der Waals surface area contributed by atoms with Gasteiger partial charge in [-0.05, 0) is 6.07 Å². The first kappa shape index (κ1) is 11.0. The molecule has 0 fully saturated rings. The lowest BCUT2D eigenvalue weighted by Gasteiger charge is -1.99. The van der Waals surface area contributed by atoms with Crippen molar-refractivity contribution in [3.8, 4) is 6.07 Å². The van der Waals surface area contributed by atoms with E-state index in [0.717, 1.165) is 12.3 Å². The molecule has 0 bridgehead atoms. The molecule has 9 heteroatoms. The number of hydrogen-bond donors (Lipinski definition) is 1. The number of nitrogens with two attached hydrogens (primary N) is 1. The maximum atomic E-state index is 10.9. The molecule has 0 unspecified atom stereocenters. The summed E-state index contributed by atoms with van der Waals surface area (Å²) >= 11 is 0. The molecule has 1 aromatic rings. The molecular weight excluding hydrogens is 224 g/mol. The van der Waals surface area contributed by atoms with Crippen molar-refractivity contribution in [2.75, 3.05) is 0 Å². The minimum Gasteiger partial charge on any atom is -0.258 e. The van der Waals surface area contributed by atoms with E-state index in [0.29, 0.717) is 0 Å². The van der Waals surface area contributed by atoms with Gasteiger partial charge in [-0.25, -0.2) is 18.5 Å². The van der Waals surface area contributed by atoms with Crippen LogP contribution in [0.1, 0.15) is 5.56 Å². The Morgan fingerprint density at radius 1 is 1.60 bits per heavy atom. The third-order valence-corrected chi connectivity index (χ3v) is 2.30. The summed E-state index contributed by atoms with van der Waals surface area (Å²) in [6, 6.07) is 2.52. The Balaban J connectivity index is 3.70. The van der Waals surface area contributed by atoms with Gasteiger partial charge in [-0.15, -0.1) is 0 Å². The molecule has 0 aromatic carbocycles. The summed E-state index contributed by atoms with van der Waals surface area (Å²) in [5.41, 5.74) is -1.30. The van der Waals surface area contributed by atoms with Gasteiger partial charge in [0.25, 0.3) is 10.0 Å². The van der Waals surface area contributed by atoms with Crippen LogP contribution in [0.15, 0.2) is 17.3 Å². The monoisotopic (exact) mass is 228 g/mol. The Morgan fingerprint density at radius 3 is 2.60 bits per heavy atom. The van der Waals surface area contributed by atoms with Crippen LogP contribution in [0.3, 0.4) is 0 Å². The second-order valence-corrected chi connectivity index (χ2v) is 3.90. The SMILES string of the molecule is N#Cc1ccnc(S(N)(=O)=O)c1[N+](=O)[O-]. The summed E-state index contributed by atoms with van der Waals surface area (Å²) in [6.07, 6.45) is 0.964. The van der Waals surface area contributed by atoms with Gasteiger partial charge in [0, 0.05) is 6.20 Å². The fraction of sp³-hybridized carbons (Fsp3) is 0. The molecule has 0 saturated carbocycles. The van der Waals surface area contributed by atoms with Gasteiger partial charge in [0.15, 0.2) is 0 Å². The van der Waals surface area contributed by atoms with Crippen LogP contribution < -0.4 is 5.14 Å². The van der Waals surface area contributed by atoms with Crippen molar-refractivity contribution in [3.05, 3.63) is 27.9 Å². The van der Waals surface area contributed by atoms with Crippen LogP contribution in [-0.2, 0) is 10.0 Å². The quantitative estimate of drug-likeness (QED) is 0.534. The van der Waals surface area contributed by atoms with Gasteiger partial charge in [0.2, 0.25) is 5.03 Å². The standard InChI is InChI=1S/C6H4N4O4S/c7-3-4-1-2-9-6(15(8,13)14)5(4)10(11)12/h1-2H,(H2,8,13,14). The fourth-order valence-corrected chi connectivity index (χ4v) is 1.57. The van der Waals surface area contributed by atoms with Crippen LogP contribution in [0.25, 0.3) is 0 Å². The predicted molar refractivity (Wildman–Crippen MR) is 47.0 cm³/mol. The molecule has 8 nitrogen and oxygen atoms in total. The number of nitrogens with zero attached hydrogens (tertiary/aromatic N) is 3. The Labute approximate surface area is 84.2 Å². The normalized spacial score (nSPS) is 10.7. The van der Waals surface area contributed by atoms with Crippen LogP contribution in [0, 0.1) is 21.4 Å². The van der Waals surface area contributed by atoms with Gasteiger partial charge < -0.3 is 0 Å². The summed E-state index contributed by atoms with van der Waals surface area (Å²) in [5, 5.41) is 22.9. The van der Waals surface area contributed by atoms with E-state index < -0.39 is 31.2 Å². The van der Waals surface area contributed by atoms with Crippen molar-refractivity contribution >= 4 is 15.7 Å². The van der Waals surface area contributed by atoms with E-state index in [1.807, 2.05) is 0 Å². The first-order valence-corrected chi connectivity index (χ1v) is 4.99. The number of aromatic nitrogens is 1. The lowest BCUT2D eigenvalue weighted by Crippen LogP contribution is -2.16. The molecule has 78 valence electrons. The van der Waals surface area contributed by atoms with Crippen molar-refractivity contribution in [1.29, 1.82) is 5.26 Å². The third-order valence-electron chi connectivity index (χ3n) is 1.46. The number of pyridine rings is 1. The van der Waals surface area contributed by atoms with E-state index in [9.17, 15) is 18.5 Å². The molecule has 0 atom stereocenters. The van der Waals surface area contributed by atoms with E-state index in [1.54, 1.807) is 0 Å². The molecule has 1 rings (SSSR count). The zero-order valence-corrected chi connectivity index (χ0v) is 7.93. The Bertz CT molecular complexity index is 559. The second-order valence-electron chi connectivity index (χ2n) is 2.43. The number of primary sulfonamides is 1. The topological polar surface area (TPSA) is 140 Å². The number of nitriles is 1. The molecule has 1 aromatic heterocycles. The van der Waals surface area contributed by atoms with E-state index in [1.165, 1.54) is 6.07 Å². The Kier molecular flexibility index (Phi) is 2.65. The summed E-state index contributed by atoms with van der Waals surface area (Å²) in [7, 11) is -4.31. The fourth-order valence-electron chi connectivity index (χ4n) is 0.910. The van der Waals surface area contributed by atoms with Crippen molar-refractivity contribution in [2.45, 2.75) is 5.03 Å². The lowest BCUT2D eigenvalue weighted by molar-refractivity contribution is -0.388. The van der Waals surface area contributed by atoms with Gasteiger partial charge in [0.1, 0.15) is 11.6 Å².